The van der Waals surface area contributed by atoms with Gasteiger partial charge in [-0.2, -0.15) is 0 Å². The fourth-order valence-electron chi connectivity index (χ4n) is 1.07. The predicted octanol–water partition coefficient (Wildman–Crippen LogP) is 2.53. The molecule has 0 amide bonds. The first-order valence-corrected chi connectivity index (χ1v) is 5.51. The van der Waals surface area contributed by atoms with Gasteiger partial charge in [0.2, 0.25) is 0 Å². The first kappa shape index (κ1) is 13.4. The highest BCUT2D eigenvalue weighted by atomic mass is 16.5. The third kappa shape index (κ3) is 6.89. The highest BCUT2D eigenvalue weighted by Crippen LogP contribution is 2.05. The number of rotatable bonds is 8. The van der Waals surface area contributed by atoms with Crippen LogP contribution in [0.4, 0.5) is 0 Å². The van der Waals surface area contributed by atoms with Gasteiger partial charge in [0.25, 0.3) is 0 Å². The molecule has 0 aliphatic heterocycles. The topological polar surface area (TPSA) is 35.5 Å². The molecular formula is C11H22O3. The van der Waals surface area contributed by atoms with E-state index >= 15 is 0 Å². The number of hydrogen-bond acceptors (Lipinski definition) is 3. The molecule has 0 aromatic heterocycles. The van der Waals surface area contributed by atoms with Crippen molar-refractivity contribution in [2.75, 3.05) is 13.2 Å². The van der Waals surface area contributed by atoms with Crippen molar-refractivity contribution < 1.29 is 14.3 Å². The van der Waals surface area contributed by atoms with E-state index in [1.165, 1.54) is 0 Å². The van der Waals surface area contributed by atoms with Crippen LogP contribution in [0.1, 0.15) is 46.5 Å². The van der Waals surface area contributed by atoms with Crippen LogP contribution >= 0.6 is 0 Å². The lowest BCUT2D eigenvalue weighted by Gasteiger charge is -2.14. The summed E-state index contributed by atoms with van der Waals surface area (Å²) < 4.78 is 10.5. The van der Waals surface area contributed by atoms with Gasteiger partial charge in [0.1, 0.15) is 0 Å². The summed E-state index contributed by atoms with van der Waals surface area (Å²) in [5.41, 5.74) is 0. The smallest absolute Gasteiger partial charge is 0.308 e. The van der Waals surface area contributed by atoms with E-state index in [1.54, 1.807) is 0 Å². The maximum atomic E-state index is 11.2. The van der Waals surface area contributed by atoms with Crippen LogP contribution in [0.2, 0.25) is 0 Å². The van der Waals surface area contributed by atoms with Crippen molar-refractivity contribution in [3.63, 3.8) is 0 Å². The Balaban J connectivity index is 3.62. The quantitative estimate of drug-likeness (QED) is 0.567. The van der Waals surface area contributed by atoms with E-state index in [0.717, 1.165) is 25.9 Å². The van der Waals surface area contributed by atoms with Gasteiger partial charge in [-0.3, -0.25) is 4.79 Å². The summed E-state index contributed by atoms with van der Waals surface area (Å²) in [6.07, 6.45) is 3.13. The third-order valence-corrected chi connectivity index (χ3v) is 1.87. The summed E-state index contributed by atoms with van der Waals surface area (Å²) in [7, 11) is 0. The molecule has 84 valence electrons. The molecule has 0 aromatic rings. The van der Waals surface area contributed by atoms with Gasteiger partial charge in [-0.25, -0.2) is 0 Å². The van der Waals surface area contributed by atoms with E-state index in [2.05, 4.69) is 6.92 Å². The molecular weight excluding hydrogens is 180 g/mol. The Hall–Kier alpha value is -0.570. The van der Waals surface area contributed by atoms with Crippen molar-refractivity contribution in [3.05, 3.63) is 0 Å². The molecule has 0 aliphatic rings. The lowest BCUT2D eigenvalue weighted by atomic mass is 10.2. The van der Waals surface area contributed by atoms with E-state index in [0.29, 0.717) is 13.0 Å². The first-order valence-electron chi connectivity index (χ1n) is 5.51. The highest BCUT2D eigenvalue weighted by molar-refractivity contribution is 5.69. The van der Waals surface area contributed by atoms with E-state index in [1.807, 2.05) is 13.8 Å². The van der Waals surface area contributed by atoms with Crippen LogP contribution in [0.25, 0.3) is 0 Å². The Morgan fingerprint density at radius 3 is 2.29 bits per heavy atom. The monoisotopic (exact) mass is 202 g/mol. The van der Waals surface area contributed by atoms with Gasteiger partial charge < -0.3 is 9.47 Å². The van der Waals surface area contributed by atoms with Crippen LogP contribution < -0.4 is 0 Å². The van der Waals surface area contributed by atoms with Crippen LogP contribution in [0.15, 0.2) is 0 Å². The van der Waals surface area contributed by atoms with E-state index in [4.69, 9.17) is 9.47 Å². The summed E-state index contributed by atoms with van der Waals surface area (Å²) in [6.45, 7) is 7.30. The Kier molecular flexibility index (Phi) is 8.64. The van der Waals surface area contributed by atoms with Crippen LogP contribution in [-0.2, 0) is 14.3 Å². The van der Waals surface area contributed by atoms with E-state index < -0.39 is 0 Å². The van der Waals surface area contributed by atoms with Crippen molar-refractivity contribution >= 4 is 5.97 Å². The van der Waals surface area contributed by atoms with Crippen molar-refractivity contribution in [1.82, 2.24) is 0 Å². The molecule has 0 N–H and O–H groups in total. The second kappa shape index (κ2) is 9.00. The molecule has 0 fully saturated rings. The lowest BCUT2D eigenvalue weighted by Crippen LogP contribution is -2.19. The van der Waals surface area contributed by atoms with Crippen LogP contribution in [-0.4, -0.2) is 25.3 Å². The number of carbonyl (C=O) groups excluding carboxylic acids is 1. The van der Waals surface area contributed by atoms with Crippen LogP contribution in [0.5, 0.6) is 0 Å². The molecule has 0 heterocycles. The van der Waals surface area contributed by atoms with Gasteiger partial charge in [-0.05, 0) is 19.3 Å². The van der Waals surface area contributed by atoms with Crippen LogP contribution in [0.3, 0.4) is 0 Å². The number of esters is 1. The standard InChI is InChI=1S/C11H22O3/c1-4-7-13-10(6-3)9-11(12)14-8-5-2/h10H,4-9H2,1-3H3. The summed E-state index contributed by atoms with van der Waals surface area (Å²) in [5.74, 6) is -0.144. The Morgan fingerprint density at radius 1 is 1.14 bits per heavy atom. The number of hydrogen-bond donors (Lipinski definition) is 0. The summed E-state index contributed by atoms with van der Waals surface area (Å²) in [5, 5.41) is 0. The number of ether oxygens (including phenoxy) is 2. The zero-order valence-electron chi connectivity index (χ0n) is 9.54. The highest BCUT2D eigenvalue weighted by Gasteiger charge is 2.12. The Morgan fingerprint density at radius 2 is 1.79 bits per heavy atom. The van der Waals surface area contributed by atoms with Gasteiger partial charge in [-0.1, -0.05) is 20.8 Å². The Bertz CT molecular complexity index is 145. The molecule has 0 saturated carbocycles. The normalized spacial score (nSPS) is 12.5. The molecule has 3 nitrogen and oxygen atoms in total. The third-order valence-electron chi connectivity index (χ3n) is 1.87. The molecule has 1 unspecified atom stereocenters. The first-order chi connectivity index (χ1) is 6.74. The maximum Gasteiger partial charge on any atom is 0.308 e. The lowest BCUT2D eigenvalue weighted by molar-refractivity contribution is -0.147. The molecule has 0 aliphatic carbocycles. The predicted molar refractivity (Wildman–Crippen MR) is 56.2 cm³/mol. The maximum absolute atomic E-state index is 11.2. The molecule has 0 bridgehead atoms. The number of carbonyl (C=O) groups is 1. The molecule has 0 spiro atoms. The molecule has 14 heavy (non-hydrogen) atoms. The van der Waals surface area contributed by atoms with Crippen molar-refractivity contribution in [2.45, 2.75) is 52.6 Å². The summed E-state index contributed by atoms with van der Waals surface area (Å²) in [4.78, 5) is 11.2. The molecule has 0 rings (SSSR count). The van der Waals surface area contributed by atoms with Gasteiger partial charge in [0.15, 0.2) is 0 Å². The fourth-order valence-corrected chi connectivity index (χ4v) is 1.07. The zero-order chi connectivity index (χ0) is 10.8. The molecule has 0 saturated heterocycles. The average molecular weight is 202 g/mol. The fraction of sp³-hybridized carbons (Fsp3) is 0.909. The van der Waals surface area contributed by atoms with Gasteiger partial charge >= 0.3 is 5.97 Å². The minimum Gasteiger partial charge on any atom is -0.466 e. The minimum absolute atomic E-state index is 0.0271. The van der Waals surface area contributed by atoms with Gasteiger partial charge in [-0.15, -0.1) is 0 Å². The Labute approximate surface area is 86.8 Å². The zero-order valence-corrected chi connectivity index (χ0v) is 9.54. The minimum atomic E-state index is -0.144. The summed E-state index contributed by atoms with van der Waals surface area (Å²) in [6, 6.07) is 0. The summed E-state index contributed by atoms with van der Waals surface area (Å²) >= 11 is 0. The second-order valence-electron chi connectivity index (χ2n) is 3.33. The molecule has 1 atom stereocenters. The van der Waals surface area contributed by atoms with Gasteiger partial charge in [0, 0.05) is 6.61 Å². The van der Waals surface area contributed by atoms with E-state index in [-0.39, 0.29) is 12.1 Å². The second-order valence-corrected chi connectivity index (χ2v) is 3.33. The van der Waals surface area contributed by atoms with Crippen molar-refractivity contribution in [2.24, 2.45) is 0 Å². The van der Waals surface area contributed by atoms with Crippen molar-refractivity contribution in [1.29, 1.82) is 0 Å². The average Bonchev–Trinajstić information content (AvgIpc) is 2.21. The molecule has 0 aromatic carbocycles. The molecule has 0 radical (unpaired) electrons. The molecule has 3 heteroatoms. The largest absolute Gasteiger partial charge is 0.466 e. The van der Waals surface area contributed by atoms with Crippen molar-refractivity contribution in [3.8, 4) is 0 Å². The SMILES string of the molecule is CCCOC(=O)CC(CC)OCCC. The van der Waals surface area contributed by atoms with Gasteiger partial charge in [0.05, 0.1) is 19.1 Å². The van der Waals surface area contributed by atoms with E-state index in [9.17, 15) is 4.79 Å². The van der Waals surface area contributed by atoms with Crippen LogP contribution in [0, 0.1) is 0 Å².